The highest BCUT2D eigenvalue weighted by molar-refractivity contribution is 9.10. The van der Waals surface area contributed by atoms with E-state index in [1.54, 1.807) is 12.1 Å². The molecule has 0 unspecified atom stereocenters. The average Bonchev–Trinajstić information content (AvgIpc) is 2.68. The minimum Gasteiger partial charge on any atom is -0.508 e. The molecule has 1 atom stereocenters. The minimum absolute atomic E-state index is 0.0536. The van der Waals surface area contributed by atoms with Gasteiger partial charge in [0.25, 0.3) is 0 Å². The maximum absolute atomic E-state index is 12.6. The van der Waals surface area contributed by atoms with Gasteiger partial charge in [0, 0.05) is 28.9 Å². The first-order valence-electron chi connectivity index (χ1n) is 8.47. The first kappa shape index (κ1) is 18.2. The van der Waals surface area contributed by atoms with E-state index in [4.69, 9.17) is 0 Å². The summed E-state index contributed by atoms with van der Waals surface area (Å²) in [6.07, 6.45) is 0.265. The Hall–Kier alpha value is -2.59. The first-order chi connectivity index (χ1) is 12.6. The molecule has 3 nitrogen and oxygen atoms in total. The van der Waals surface area contributed by atoms with Gasteiger partial charge >= 0.3 is 0 Å². The summed E-state index contributed by atoms with van der Waals surface area (Å²) in [5.41, 5.74) is 2.79. The summed E-state index contributed by atoms with van der Waals surface area (Å²) in [4.78, 5) is 12.6. The van der Waals surface area contributed by atoms with E-state index in [1.165, 1.54) is 0 Å². The molecule has 0 saturated heterocycles. The third-order valence-electron chi connectivity index (χ3n) is 4.29. The van der Waals surface area contributed by atoms with Crippen molar-refractivity contribution in [3.63, 3.8) is 0 Å². The van der Waals surface area contributed by atoms with Crippen LogP contribution in [0.3, 0.4) is 0 Å². The van der Waals surface area contributed by atoms with E-state index in [0.717, 1.165) is 21.2 Å². The van der Waals surface area contributed by atoms with Crippen LogP contribution in [0.5, 0.6) is 5.75 Å². The molecule has 0 spiro atoms. The number of rotatable bonds is 6. The molecule has 0 radical (unpaired) electrons. The van der Waals surface area contributed by atoms with E-state index in [2.05, 4.69) is 21.2 Å². The predicted molar refractivity (Wildman–Crippen MR) is 107 cm³/mol. The topological polar surface area (TPSA) is 49.3 Å². The van der Waals surface area contributed by atoms with E-state index in [-0.39, 0.29) is 24.0 Å². The number of amides is 1. The molecule has 3 rings (SSSR count). The van der Waals surface area contributed by atoms with Crippen molar-refractivity contribution in [1.82, 2.24) is 5.32 Å². The highest BCUT2D eigenvalue weighted by atomic mass is 79.9. The molecule has 0 aliphatic carbocycles. The molecule has 2 N–H and O–H groups in total. The summed E-state index contributed by atoms with van der Waals surface area (Å²) in [7, 11) is 0. The first-order valence-corrected chi connectivity index (χ1v) is 9.27. The Morgan fingerprint density at radius 3 is 2.31 bits per heavy atom. The van der Waals surface area contributed by atoms with E-state index >= 15 is 0 Å². The Morgan fingerprint density at radius 2 is 1.62 bits per heavy atom. The van der Waals surface area contributed by atoms with Crippen LogP contribution in [0.1, 0.15) is 29.0 Å². The SMILES string of the molecule is O=C(C[C@H](c1ccccc1)c1cc(Br)ccc1O)NCc1ccccc1. The van der Waals surface area contributed by atoms with Gasteiger partial charge in [-0.15, -0.1) is 0 Å². The molecule has 0 bridgehead atoms. The highest BCUT2D eigenvalue weighted by Gasteiger charge is 2.21. The molecule has 0 fully saturated rings. The lowest BCUT2D eigenvalue weighted by molar-refractivity contribution is -0.121. The van der Waals surface area contributed by atoms with Gasteiger partial charge in [0.15, 0.2) is 0 Å². The average molecular weight is 410 g/mol. The van der Waals surface area contributed by atoms with Gasteiger partial charge < -0.3 is 10.4 Å². The molecule has 0 heterocycles. The Labute approximate surface area is 161 Å². The Bertz CT molecular complexity index is 866. The van der Waals surface area contributed by atoms with Gasteiger partial charge in [0.05, 0.1) is 0 Å². The minimum atomic E-state index is -0.218. The summed E-state index contributed by atoms with van der Waals surface area (Å²) >= 11 is 3.45. The summed E-state index contributed by atoms with van der Waals surface area (Å²) in [5.74, 6) is -0.0792. The van der Waals surface area contributed by atoms with E-state index in [0.29, 0.717) is 6.54 Å². The van der Waals surface area contributed by atoms with Crippen molar-refractivity contribution in [2.45, 2.75) is 18.9 Å². The van der Waals surface area contributed by atoms with Crippen molar-refractivity contribution in [2.75, 3.05) is 0 Å². The zero-order chi connectivity index (χ0) is 18.4. The molecule has 0 aliphatic rings. The molecule has 0 aliphatic heterocycles. The Kier molecular flexibility index (Phi) is 6.08. The number of nitrogens with one attached hydrogen (secondary N) is 1. The second-order valence-electron chi connectivity index (χ2n) is 6.13. The summed E-state index contributed by atoms with van der Waals surface area (Å²) in [5, 5.41) is 13.3. The lowest BCUT2D eigenvalue weighted by Gasteiger charge is -2.19. The summed E-state index contributed by atoms with van der Waals surface area (Å²) in [6.45, 7) is 0.492. The maximum atomic E-state index is 12.6. The van der Waals surface area contributed by atoms with Crippen molar-refractivity contribution in [3.8, 4) is 5.75 Å². The van der Waals surface area contributed by atoms with Crippen LogP contribution in [-0.2, 0) is 11.3 Å². The quantitative estimate of drug-likeness (QED) is 0.601. The fourth-order valence-corrected chi connectivity index (χ4v) is 3.33. The Morgan fingerprint density at radius 1 is 0.962 bits per heavy atom. The molecule has 0 saturated carbocycles. The highest BCUT2D eigenvalue weighted by Crippen LogP contribution is 2.35. The maximum Gasteiger partial charge on any atom is 0.221 e. The third-order valence-corrected chi connectivity index (χ3v) is 4.78. The fourth-order valence-electron chi connectivity index (χ4n) is 2.95. The van der Waals surface area contributed by atoms with Gasteiger partial charge in [-0.3, -0.25) is 4.79 Å². The number of aromatic hydroxyl groups is 1. The second kappa shape index (κ2) is 8.68. The number of phenols is 1. The molecule has 0 aromatic heterocycles. The van der Waals surface area contributed by atoms with Crippen LogP contribution in [0.25, 0.3) is 0 Å². The van der Waals surface area contributed by atoms with Crippen molar-refractivity contribution in [1.29, 1.82) is 0 Å². The molecular formula is C22H20BrNO2. The van der Waals surface area contributed by atoms with E-state index < -0.39 is 0 Å². The fraction of sp³-hybridized carbons (Fsp3) is 0.136. The van der Waals surface area contributed by atoms with Gasteiger partial charge in [0.2, 0.25) is 5.91 Å². The van der Waals surface area contributed by atoms with Crippen molar-refractivity contribution in [2.24, 2.45) is 0 Å². The van der Waals surface area contributed by atoms with Crippen LogP contribution >= 0.6 is 15.9 Å². The zero-order valence-corrected chi connectivity index (χ0v) is 15.8. The van der Waals surface area contributed by atoms with E-state index in [9.17, 15) is 9.90 Å². The van der Waals surface area contributed by atoms with Crippen LogP contribution in [0.2, 0.25) is 0 Å². The number of hydrogen-bond acceptors (Lipinski definition) is 2. The molecule has 132 valence electrons. The molecule has 26 heavy (non-hydrogen) atoms. The van der Waals surface area contributed by atoms with E-state index in [1.807, 2.05) is 66.7 Å². The van der Waals surface area contributed by atoms with Crippen molar-refractivity contribution >= 4 is 21.8 Å². The van der Waals surface area contributed by atoms with Gasteiger partial charge in [0.1, 0.15) is 5.75 Å². The number of carbonyl (C=O) groups excluding carboxylic acids is 1. The van der Waals surface area contributed by atoms with Crippen LogP contribution < -0.4 is 5.32 Å². The van der Waals surface area contributed by atoms with Gasteiger partial charge in [-0.25, -0.2) is 0 Å². The normalized spacial score (nSPS) is 11.7. The largest absolute Gasteiger partial charge is 0.508 e. The number of phenolic OH excluding ortho intramolecular Hbond substituents is 1. The van der Waals surface area contributed by atoms with Crippen LogP contribution in [0, 0.1) is 0 Å². The number of hydrogen-bond donors (Lipinski definition) is 2. The van der Waals surface area contributed by atoms with Gasteiger partial charge in [-0.05, 0) is 29.3 Å². The molecule has 3 aromatic rings. The standard InChI is InChI=1S/C22H20BrNO2/c23-18-11-12-21(25)20(13-18)19(17-9-5-2-6-10-17)14-22(26)24-15-16-7-3-1-4-8-16/h1-13,19,25H,14-15H2,(H,24,26)/t19-/m1/s1. The number of benzene rings is 3. The summed E-state index contributed by atoms with van der Waals surface area (Å²) < 4.78 is 0.871. The van der Waals surface area contributed by atoms with Crippen LogP contribution in [-0.4, -0.2) is 11.0 Å². The Balaban J connectivity index is 1.80. The van der Waals surface area contributed by atoms with Crippen molar-refractivity contribution in [3.05, 3.63) is 100 Å². The van der Waals surface area contributed by atoms with Gasteiger partial charge in [-0.1, -0.05) is 76.6 Å². The smallest absolute Gasteiger partial charge is 0.221 e. The number of halogens is 1. The van der Waals surface area contributed by atoms with Crippen molar-refractivity contribution < 1.29 is 9.90 Å². The third kappa shape index (κ3) is 4.73. The number of carbonyl (C=O) groups is 1. The lowest BCUT2D eigenvalue weighted by atomic mass is 9.87. The lowest BCUT2D eigenvalue weighted by Crippen LogP contribution is -2.25. The predicted octanol–water partition coefficient (Wildman–Crippen LogP) is 4.99. The molecular weight excluding hydrogens is 390 g/mol. The molecule has 4 heteroatoms. The van der Waals surface area contributed by atoms with Crippen LogP contribution in [0.15, 0.2) is 83.3 Å². The summed E-state index contributed by atoms with van der Waals surface area (Å²) in [6, 6.07) is 24.9. The molecule has 1 amide bonds. The zero-order valence-electron chi connectivity index (χ0n) is 14.2. The van der Waals surface area contributed by atoms with Gasteiger partial charge in [-0.2, -0.15) is 0 Å². The molecule has 3 aromatic carbocycles. The van der Waals surface area contributed by atoms with Crippen LogP contribution in [0.4, 0.5) is 0 Å². The monoisotopic (exact) mass is 409 g/mol. The second-order valence-corrected chi connectivity index (χ2v) is 7.05.